The van der Waals surface area contributed by atoms with Gasteiger partial charge in [0.2, 0.25) is 11.8 Å². The molecule has 204 valence electrons. The van der Waals surface area contributed by atoms with Gasteiger partial charge in [-0.2, -0.15) is 0 Å². The summed E-state index contributed by atoms with van der Waals surface area (Å²) in [5.74, 6) is -0.500. The number of benzene rings is 1. The van der Waals surface area contributed by atoms with E-state index in [4.69, 9.17) is 4.74 Å². The number of ether oxygens (including phenoxy) is 1. The van der Waals surface area contributed by atoms with Crippen LogP contribution in [0.2, 0.25) is 0 Å². The molecule has 0 radical (unpaired) electrons. The van der Waals surface area contributed by atoms with Gasteiger partial charge >= 0.3 is 6.09 Å². The minimum atomic E-state index is -0.845. The zero-order valence-electron chi connectivity index (χ0n) is 23.8. The number of unbranched alkanes of at least 4 members (excludes halogenated alkanes) is 4. The molecule has 0 aliphatic heterocycles. The van der Waals surface area contributed by atoms with E-state index in [1.807, 2.05) is 38.1 Å². The monoisotopic (exact) mass is 503 g/mol. The summed E-state index contributed by atoms with van der Waals surface area (Å²) in [5, 5.41) is 5.78. The first-order chi connectivity index (χ1) is 16.9. The lowest BCUT2D eigenvalue weighted by molar-refractivity contribution is -0.142. The van der Waals surface area contributed by atoms with Crippen molar-refractivity contribution in [3.05, 3.63) is 35.4 Å². The van der Waals surface area contributed by atoms with Crippen LogP contribution in [0, 0.1) is 6.92 Å². The number of amides is 3. The van der Waals surface area contributed by atoms with Gasteiger partial charge in [0.15, 0.2) is 0 Å². The second-order valence-corrected chi connectivity index (χ2v) is 10.8. The van der Waals surface area contributed by atoms with Crippen LogP contribution in [0.15, 0.2) is 24.3 Å². The SMILES string of the molecule is CCCCCCCN(C(=O)C(C)NC(=O)OC(C)(C)C)C(C(=O)NC(C)CCC)c1ccccc1C. The minimum Gasteiger partial charge on any atom is -0.444 e. The molecule has 0 saturated carbocycles. The fraction of sp³-hybridized carbons (Fsp3) is 0.690. The van der Waals surface area contributed by atoms with Gasteiger partial charge in [0, 0.05) is 12.6 Å². The van der Waals surface area contributed by atoms with E-state index in [1.54, 1.807) is 32.6 Å². The van der Waals surface area contributed by atoms with Crippen LogP contribution in [-0.4, -0.2) is 47.0 Å². The Kier molecular flexibility index (Phi) is 13.6. The van der Waals surface area contributed by atoms with Gasteiger partial charge in [0.05, 0.1) is 0 Å². The zero-order valence-corrected chi connectivity index (χ0v) is 23.8. The van der Waals surface area contributed by atoms with Crippen molar-refractivity contribution in [2.45, 2.75) is 124 Å². The predicted octanol–water partition coefficient (Wildman–Crippen LogP) is 6.05. The molecule has 1 rings (SSSR count). The van der Waals surface area contributed by atoms with E-state index in [1.165, 1.54) is 0 Å². The third-order valence-corrected chi connectivity index (χ3v) is 6.04. The standard InChI is InChI=1S/C29H49N3O4/c1-9-11-12-13-16-20-32(27(34)23(5)31-28(35)36-29(6,7)8)25(24-19-15-14-18-21(24)3)26(33)30-22(4)17-10-2/h14-15,18-19,22-23,25H,9-13,16-17,20H2,1-8H3,(H,30,33)(H,31,35). The molecular weight excluding hydrogens is 454 g/mol. The number of carbonyl (C=O) groups is 3. The number of alkyl carbamates (subject to hydrolysis) is 1. The van der Waals surface area contributed by atoms with Gasteiger partial charge in [-0.25, -0.2) is 4.79 Å². The molecule has 3 unspecified atom stereocenters. The third-order valence-electron chi connectivity index (χ3n) is 6.04. The van der Waals surface area contributed by atoms with E-state index in [0.717, 1.165) is 56.1 Å². The van der Waals surface area contributed by atoms with Gasteiger partial charge in [-0.05, 0) is 65.5 Å². The van der Waals surface area contributed by atoms with Crippen molar-refractivity contribution in [2.75, 3.05) is 6.54 Å². The van der Waals surface area contributed by atoms with E-state index in [0.29, 0.717) is 6.54 Å². The van der Waals surface area contributed by atoms with Crippen LogP contribution >= 0.6 is 0 Å². The van der Waals surface area contributed by atoms with E-state index < -0.39 is 23.8 Å². The maximum Gasteiger partial charge on any atom is 0.408 e. The molecule has 7 nitrogen and oxygen atoms in total. The molecule has 1 aromatic rings. The molecule has 3 atom stereocenters. The molecule has 3 amide bonds. The van der Waals surface area contributed by atoms with Gasteiger partial charge in [-0.15, -0.1) is 0 Å². The largest absolute Gasteiger partial charge is 0.444 e. The summed E-state index contributed by atoms with van der Waals surface area (Å²) in [6.45, 7) is 15.6. The summed E-state index contributed by atoms with van der Waals surface area (Å²) in [6.07, 6.45) is 6.26. The molecule has 0 bridgehead atoms. The Bertz CT molecular complexity index is 834. The lowest BCUT2D eigenvalue weighted by atomic mass is 9.97. The maximum atomic E-state index is 13.8. The van der Waals surface area contributed by atoms with Gasteiger partial charge in [-0.3, -0.25) is 9.59 Å². The summed E-state index contributed by atoms with van der Waals surface area (Å²) in [4.78, 5) is 41.5. The van der Waals surface area contributed by atoms with E-state index in [9.17, 15) is 14.4 Å². The van der Waals surface area contributed by atoms with Crippen molar-refractivity contribution in [3.8, 4) is 0 Å². The Balaban J connectivity index is 3.31. The fourth-order valence-corrected chi connectivity index (χ4v) is 4.22. The first kappa shape index (κ1) is 31.5. The van der Waals surface area contributed by atoms with Crippen LogP contribution in [0.5, 0.6) is 0 Å². The Morgan fingerprint density at radius 2 is 1.58 bits per heavy atom. The van der Waals surface area contributed by atoms with Gasteiger partial charge in [-0.1, -0.05) is 70.2 Å². The van der Waals surface area contributed by atoms with Crippen LogP contribution in [0.3, 0.4) is 0 Å². The van der Waals surface area contributed by atoms with Crippen molar-refractivity contribution < 1.29 is 19.1 Å². The van der Waals surface area contributed by atoms with Gasteiger partial charge < -0.3 is 20.3 Å². The van der Waals surface area contributed by atoms with Crippen LogP contribution in [-0.2, 0) is 14.3 Å². The molecule has 0 heterocycles. The summed E-state index contributed by atoms with van der Waals surface area (Å²) >= 11 is 0. The third kappa shape index (κ3) is 11.0. The van der Waals surface area contributed by atoms with Crippen molar-refractivity contribution in [1.29, 1.82) is 0 Å². The summed E-state index contributed by atoms with van der Waals surface area (Å²) < 4.78 is 5.35. The highest BCUT2D eigenvalue weighted by Crippen LogP contribution is 2.26. The number of aryl methyl sites for hydroxylation is 1. The molecule has 0 aliphatic rings. The quantitative estimate of drug-likeness (QED) is 0.302. The number of hydrogen-bond donors (Lipinski definition) is 2. The molecular formula is C29H49N3O4. The lowest BCUT2D eigenvalue weighted by Gasteiger charge is -2.35. The average molecular weight is 504 g/mol. The Labute approximate surface area is 218 Å². The number of carbonyl (C=O) groups excluding carboxylic acids is 3. The number of nitrogens with one attached hydrogen (secondary N) is 2. The Hall–Kier alpha value is -2.57. The number of rotatable bonds is 14. The smallest absolute Gasteiger partial charge is 0.408 e. The second kappa shape index (κ2) is 15.5. The van der Waals surface area contributed by atoms with Gasteiger partial charge in [0.25, 0.3) is 0 Å². The van der Waals surface area contributed by atoms with Crippen molar-refractivity contribution >= 4 is 17.9 Å². The average Bonchev–Trinajstić information content (AvgIpc) is 2.77. The molecule has 0 saturated heterocycles. The van der Waals surface area contributed by atoms with Crippen LogP contribution in [0.25, 0.3) is 0 Å². The van der Waals surface area contributed by atoms with Crippen molar-refractivity contribution in [1.82, 2.24) is 15.5 Å². The highest BCUT2D eigenvalue weighted by Gasteiger charge is 2.35. The maximum absolute atomic E-state index is 13.8. The van der Waals surface area contributed by atoms with Crippen LogP contribution in [0.4, 0.5) is 4.79 Å². The fourth-order valence-electron chi connectivity index (χ4n) is 4.22. The van der Waals surface area contributed by atoms with Crippen LogP contribution in [0.1, 0.15) is 111 Å². The number of nitrogens with zero attached hydrogens (tertiary/aromatic N) is 1. The van der Waals surface area contributed by atoms with Crippen LogP contribution < -0.4 is 10.6 Å². The second-order valence-electron chi connectivity index (χ2n) is 10.8. The molecule has 0 aromatic heterocycles. The molecule has 1 aromatic carbocycles. The lowest BCUT2D eigenvalue weighted by Crippen LogP contribution is -2.53. The highest BCUT2D eigenvalue weighted by atomic mass is 16.6. The van der Waals surface area contributed by atoms with Gasteiger partial charge in [0.1, 0.15) is 17.7 Å². The molecule has 0 fully saturated rings. The normalized spacial score (nSPS) is 13.9. The van der Waals surface area contributed by atoms with E-state index in [2.05, 4.69) is 24.5 Å². The molecule has 7 heteroatoms. The summed E-state index contributed by atoms with van der Waals surface area (Å²) in [5.41, 5.74) is 1.06. The predicted molar refractivity (Wildman–Crippen MR) is 146 cm³/mol. The van der Waals surface area contributed by atoms with Crippen molar-refractivity contribution in [3.63, 3.8) is 0 Å². The number of hydrogen-bond acceptors (Lipinski definition) is 4. The summed E-state index contributed by atoms with van der Waals surface area (Å²) in [6, 6.07) is 6.05. The van der Waals surface area contributed by atoms with E-state index in [-0.39, 0.29) is 17.9 Å². The topological polar surface area (TPSA) is 87.7 Å². The molecule has 0 spiro atoms. The summed E-state index contributed by atoms with van der Waals surface area (Å²) in [7, 11) is 0. The minimum absolute atomic E-state index is 0.00663. The molecule has 0 aliphatic carbocycles. The zero-order chi connectivity index (χ0) is 27.3. The molecule has 2 N–H and O–H groups in total. The van der Waals surface area contributed by atoms with E-state index >= 15 is 0 Å². The first-order valence-electron chi connectivity index (χ1n) is 13.6. The Morgan fingerprint density at radius 1 is 0.944 bits per heavy atom. The first-order valence-corrected chi connectivity index (χ1v) is 13.6. The molecule has 36 heavy (non-hydrogen) atoms. The Morgan fingerprint density at radius 3 is 2.17 bits per heavy atom. The highest BCUT2D eigenvalue weighted by molar-refractivity contribution is 5.92. The van der Waals surface area contributed by atoms with Crippen molar-refractivity contribution in [2.24, 2.45) is 0 Å².